The first kappa shape index (κ1) is 10.7. The van der Waals surface area contributed by atoms with E-state index < -0.39 is 11.9 Å². The largest absolute Gasteiger partial charge is 0.477 e. The highest BCUT2D eigenvalue weighted by Crippen LogP contribution is 2.28. The summed E-state index contributed by atoms with van der Waals surface area (Å²) in [6, 6.07) is 0.915. The predicted molar refractivity (Wildman–Crippen MR) is 42.9 cm³/mol. The number of hydrogen-bond acceptors (Lipinski definition) is 3. The van der Waals surface area contributed by atoms with Crippen molar-refractivity contribution in [3.8, 4) is 5.88 Å². The molecule has 0 spiro atoms. The lowest BCUT2D eigenvalue weighted by molar-refractivity contribution is -0.141. The molecule has 0 atom stereocenters. The minimum Gasteiger partial charge on any atom is -0.477 e. The van der Waals surface area contributed by atoms with Crippen molar-refractivity contribution in [1.82, 2.24) is 10.2 Å². The van der Waals surface area contributed by atoms with Gasteiger partial charge in [-0.25, -0.2) is 0 Å². The number of nitrogens with zero attached hydrogens (tertiary/aromatic N) is 2. The van der Waals surface area contributed by atoms with Crippen LogP contribution in [-0.4, -0.2) is 16.8 Å². The highest BCUT2D eigenvalue weighted by atomic mass is 19.4. The molecule has 1 aromatic rings. The minimum absolute atomic E-state index is 0.139. The lowest BCUT2D eigenvalue weighted by Gasteiger charge is -2.08. The molecular formula is C8H9F3N2O. The summed E-state index contributed by atoms with van der Waals surface area (Å²) < 4.78 is 41.4. The summed E-state index contributed by atoms with van der Waals surface area (Å²) in [5.41, 5.74) is -0.673. The molecule has 1 aromatic heterocycles. The predicted octanol–water partition coefficient (Wildman–Crippen LogP) is 2.20. The van der Waals surface area contributed by atoms with Crippen molar-refractivity contribution in [3.05, 3.63) is 17.3 Å². The Morgan fingerprint density at radius 2 is 2.00 bits per heavy atom. The Morgan fingerprint density at radius 3 is 2.43 bits per heavy atom. The zero-order chi connectivity index (χ0) is 10.8. The molecule has 0 fully saturated rings. The third kappa shape index (κ3) is 2.34. The van der Waals surface area contributed by atoms with Gasteiger partial charge in [0.25, 0.3) is 0 Å². The molecule has 78 valence electrons. The van der Waals surface area contributed by atoms with Gasteiger partial charge in [0.05, 0.1) is 6.61 Å². The van der Waals surface area contributed by atoms with E-state index >= 15 is 0 Å². The molecule has 0 aliphatic heterocycles. The topological polar surface area (TPSA) is 35.0 Å². The van der Waals surface area contributed by atoms with E-state index in [0.717, 1.165) is 6.07 Å². The maximum atomic E-state index is 12.1. The van der Waals surface area contributed by atoms with Gasteiger partial charge >= 0.3 is 6.18 Å². The zero-order valence-corrected chi connectivity index (χ0v) is 7.72. The molecule has 0 saturated carbocycles. The molecule has 0 amide bonds. The maximum absolute atomic E-state index is 12.1. The molecule has 0 N–H and O–H groups in total. The third-order valence-electron chi connectivity index (χ3n) is 1.51. The van der Waals surface area contributed by atoms with Gasteiger partial charge in [0.1, 0.15) is 0 Å². The Labute approximate surface area is 78.9 Å². The fourth-order valence-corrected chi connectivity index (χ4v) is 0.892. The van der Waals surface area contributed by atoms with Crippen LogP contribution in [0.3, 0.4) is 0 Å². The van der Waals surface area contributed by atoms with Crippen molar-refractivity contribution in [1.29, 1.82) is 0 Å². The van der Waals surface area contributed by atoms with Gasteiger partial charge in [0.15, 0.2) is 5.69 Å². The van der Waals surface area contributed by atoms with Gasteiger partial charge < -0.3 is 4.74 Å². The molecule has 0 aliphatic carbocycles. The van der Waals surface area contributed by atoms with Crippen LogP contribution in [0.15, 0.2) is 6.07 Å². The van der Waals surface area contributed by atoms with E-state index in [0.29, 0.717) is 12.2 Å². The number of hydrogen-bond donors (Lipinski definition) is 0. The summed E-state index contributed by atoms with van der Waals surface area (Å²) in [5.74, 6) is 0.139. The summed E-state index contributed by atoms with van der Waals surface area (Å²) in [7, 11) is 0. The molecular weight excluding hydrogens is 197 g/mol. The standard InChI is InChI=1S/C8H9F3N2O/c1-3-14-7-5(2)4-6(12-13-7)8(9,10)11/h4H,3H2,1-2H3. The quantitative estimate of drug-likeness (QED) is 0.744. The maximum Gasteiger partial charge on any atom is 0.435 e. The molecule has 14 heavy (non-hydrogen) atoms. The normalized spacial score (nSPS) is 11.5. The summed E-state index contributed by atoms with van der Waals surface area (Å²) in [4.78, 5) is 0. The average molecular weight is 206 g/mol. The monoisotopic (exact) mass is 206 g/mol. The zero-order valence-electron chi connectivity index (χ0n) is 7.72. The number of ether oxygens (including phenoxy) is 1. The summed E-state index contributed by atoms with van der Waals surface area (Å²) in [6.07, 6.45) is -4.46. The van der Waals surface area contributed by atoms with Gasteiger partial charge in [-0.15, -0.1) is 10.2 Å². The molecule has 0 saturated heterocycles. The van der Waals surface area contributed by atoms with Crippen molar-refractivity contribution >= 4 is 0 Å². The SMILES string of the molecule is CCOc1nnc(C(F)(F)F)cc1C. The van der Waals surface area contributed by atoms with Gasteiger partial charge in [-0.2, -0.15) is 13.2 Å². The van der Waals surface area contributed by atoms with E-state index in [1.165, 1.54) is 6.92 Å². The molecule has 0 bridgehead atoms. The second-order valence-electron chi connectivity index (χ2n) is 2.65. The lowest BCUT2D eigenvalue weighted by atomic mass is 10.3. The Kier molecular flexibility index (Phi) is 2.93. The molecule has 1 heterocycles. The second kappa shape index (κ2) is 3.81. The van der Waals surface area contributed by atoms with E-state index in [1.807, 2.05) is 0 Å². The number of rotatable bonds is 2. The first-order valence-electron chi connectivity index (χ1n) is 3.99. The fourth-order valence-electron chi connectivity index (χ4n) is 0.892. The molecule has 0 unspecified atom stereocenters. The van der Waals surface area contributed by atoms with Crippen LogP contribution in [0.1, 0.15) is 18.2 Å². The van der Waals surface area contributed by atoms with Crippen LogP contribution in [0.5, 0.6) is 5.88 Å². The van der Waals surface area contributed by atoms with E-state index in [2.05, 4.69) is 10.2 Å². The van der Waals surface area contributed by atoms with E-state index in [9.17, 15) is 13.2 Å². The van der Waals surface area contributed by atoms with Gasteiger partial charge in [-0.05, 0) is 19.9 Å². The summed E-state index contributed by atoms with van der Waals surface area (Å²) >= 11 is 0. The molecule has 3 nitrogen and oxygen atoms in total. The number of alkyl halides is 3. The Morgan fingerprint density at radius 1 is 1.36 bits per heavy atom. The molecule has 0 radical (unpaired) electrons. The third-order valence-corrected chi connectivity index (χ3v) is 1.51. The van der Waals surface area contributed by atoms with Crippen LogP contribution in [-0.2, 0) is 6.18 Å². The Balaban J connectivity index is 3.01. The van der Waals surface area contributed by atoms with Crippen molar-refractivity contribution in [2.45, 2.75) is 20.0 Å². The highest BCUT2D eigenvalue weighted by molar-refractivity contribution is 5.25. The van der Waals surface area contributed by atoms with Crippen molar-refractivity contribution in [3.63, 3.8) is 0 Å². The smallest absolute Gasteiger partial charge is 0.435 e. The van der Waals surface area contributed by atoms with Crippen LogP contribution >= 0.6 is 0 Å². The number of aromatic nitrogens is 2. The van der Waals surface area contributed by atoms with Crippen LogP contribution < -0.4 is 4.74 Å². The van der Waals surface area contributed by atoms with Crippen molar-refractivity contribution in [2.75, 3.05) is 6.61 Å². The second-order valence-corrected chi connectivity index (χ2v) is 2.65. The number of aryl methyl sites for hydroxylation is 1. The highest BCUT2D eigenvalue weighted by Gasteiger charge is 2.33. The minimum atomic E-state index is -4.46. The Hall–Kier alpha value is -1.33. The first-order chi connectivity index (χ1) is 6.45. The molecule has 0 aliphatic rings. The van der Waals surface area contributed by atoms with E-state index in [-0.39, 0.29) is 5.88 Å². The van der Waals surface area contributed by atoms with Gasteiger partial charge in [0.2, 0.25) is 5.88 Å². The first-order valence-corrected chi connectivity index (χ1v) is 3.99. The number of halogens is 3. The molecule has 6 heteroatoms. The average Bonchev–Trinajstić information content (AvgIpc) is 2.07. The van der Waals surface area contributed by atoms with Crippen LogP contribution in [0.25, 0.3) is 0 Å². The van der Waals surface area contributed by atoms with Crippen molar-refractivity contribution in [2.24, 2.45) is 0 Å². The van der Waals surface area contributed by atoms with Crippen molar-refractivity contribution < 1.29 is 17.9 Å². The lowest BCUT2D eigenvalue weighted by Crippen LogP contribution is -2.10. The molecule has 1 rings (SSSR count). The van der Waals surface area contributed by atoms with Crippen LogP contribution in [0, 0.1) is 6.92 Å². The van der Waals surface area contributed by atoms with Crippen LogP contribution in [0.2, 0.25) is 0 Å². The van der Waals surface area contributed by atoms with Gasteiger partial charge in [0, 0.05) is 5.56 Å². The molecule has 0 aromatic carbocycles. The summed E-state index contributed by atoms with van der Waals surface area (Å²) in [6.45, 7) is 3.56. The van der Waals surface area contributed by atoms with Gasteiger partial charge in [-0.3, -0.25) is 0 Å². The van der Waals surface area contributed by atoms with E-state index in [1.54, 1.807) is 6.92 Å². The van der Waals surface area contributed by atoms with Gasteiger partial charge in [-0.1, -0.05) is 0 Å². The Bertz CT molecular complexity index is 325. The van der Waals surface area contributed by atoms with E-state index in [4.69, 9.17) is 4.74 Å². The summed E-state index contributed by atoms with van der Waals surface area (Å²) in [5, 5.41) is 6.37. The van der Waals surface area contributed by atoms with Crippen LogP contribution in [0.4, 0.5) is 13.2 Å². The fraction of sp³-hybridized carbons (Fsp3) is 0.500.